The molecule has 2 rings (SSSR count). The van der Waals surface area contributed by atoms with Crippen LogP contribution in [0.1, 0.15) is 31.6 Å². The van der Waals surface area contributed by atoms with Crippen molar-refractivity contribution in [3.05, 3.63) is 36.9 Å². The number of hydrogen-bond donors (Lipinski definition) is 1. The van der Waals surface area contributed by atoms with Crippen LogP contribution in [0.3, 0.4) is 0 Å². The Morgan fingerprint density at radius 1 is 1.28 bits per heavy atom. The third-order valence-corrected chi connectivity index (χ3v) is 3.10. The molecule has 0 saturated carbocycles. The van der Waals surface area contributed by atoms with Crippen LogP contribution in [0.25, 0.3) is 0 Å². The number of nitrogens with one attached hydrogen (secondary N) is 1. The maximum atomic E-state index is 4.34. The standard InChI is InChI=1S/C13H21N5/c1-12(13-16-7-9-17(13)2)15-5-3-4-8-18-10-6-14-11-18/h6-7,9-12,15H,3-5,8H2,1-2H3. The van der Waals surface area contributed by atoms with Gasteiger partial charge in [0, 0.05) is 38.4 Å². The molecule has 0 amide bonds. The summed E-state index contributed by atoms with van der Waals surface area (Å²) < 4.78 is 4.17. The molecule has 0 fully saturated rings. The molecular formula is C13H21N5. The Bertz CT molecular complexity index is 446. The van der Waals surface area contributed by atoms with Crippen molar-refractivity contribution in [1.82, 2.24) is 24.4 Å². The summed E-state index contributed by atoms with van der Waals surface area (Å²) in [6.45, 7) is 4.21. The molecule has 98 valence electrons. The van der Waals surface area contributed by atoms with Crippen molar-refractivity contribution in [2.24, 2.45) is 7.05 Å². The summed E-state index contributed by atoms with van der Waals surface area (Å²) in [5, 5.41) is 3.50. The van der Waals surface area contributed by atoms with Gasteiger partial charge in [0.15, 0.2) is 0 Å². The van der Waals surface area contributed by atoms with E-state index in [0.717, 1.165) is 31.8 Å². The number of imidazole rings is 2. The van der Waals surface area contributed by atoms with Crippen LogP contribution in [0.2, 0.25) is 0 Å². The molecule has 2 heterocycles. The van der Waals surface area contributed by atoms with Crippen molar-refractivity contribution in [2.75, 3.05) is 6.54 Å². The summed E-state index contributed by atoms with van der Waals surface area (Å²) in [6, 6.07) is 0.304. The van der Waals surface area contributed by atoms with Crippen molar-refractivity contribution >= 4 is 0 Å². The molecular weight excluding hydrogens is 226 g/mol. The molecule has 0 aliphatic heterocycles. The summed E-state index contributed by atoms with van der Waals surface area (Å²) in [4.78, 5) is 8.37. The second-order valence-electron chi connectivity index (χ2n) is 4.58. The average molecular weight is 247 g/mol. The first-order valence-electron chi connectivity index (χ1n) is 6.43. The minimum atomic E-state index is 0.304. The van der Waals surface area contributed by atoms with Crippen LogP contribution in [0, 0.1) is 0 Å². The molecule has 5 heteroatoms. The number of aromatic nitrogens is 4. The van der Waals surface area contributed by atoms with E-state index in [0.29, 0.717) is 6.04 Å². The molecule has 1 N–H and O–H groups in total. The van der Waals surface area contributed by atoms with E-state index < -0.39 is 0 Å². The highest BCUT2D eigenvalue weighted by molar-refractivity contribution is 4.96. The molecule has 0 spiro atoms. The Morgan fingerprint density at radius 2 is 2.17 bits per heavy atom. The van der Waals surface area contributed by atoms with Crippen molar-refractivity contribution in [1.29, 1.82) is 0 Å². The molecule has 18 heavy (non-hydrogen) atoms. The quantitative estimate of drug-likeness (QED) is 0.758. The van der Waals surface area contributed by atoms with E-state index in [1.165, 1.54) is 0 Å². The van der Waals surface area contributed by atoms with Gasteiger partial charge >= 0.3 is 0 Å². The Morgan fingerprint density at radius 3 is 2.83 bits per heavy atom. The molecule has 0 aliphatic carbocycles. The summed E-state index contributed by atoms with van der Waals surface area (Å²) in [6.07, 6.45) is 11.8. The lowest BCUT2D eigenvalue weighted by Gasteiger charge is -2.13. The lowest BCUT2D eigenvalue weighted by atomic mass is 10.2. The van der Waals surface area contributed by atoms with E-state index in [9.17, 15) is 0 Å². The SMILES string of the molecule is CC(NCCCCn1ccnc1)c1nccn1C. The van der Waals surface area contributed by atoms with E-state index in [1.807, 2.05) is 38.2 Å². The van der Waals surface area contributed by atoms with E-state index in [-0.39, 0.29) is 0 Å². The number of nitrogens with zero attached hydrogens (tertiary/aromatic N) is 4. The van der Waals surface area contributed by atoms with Crippen LogP contribution >= 0.6 is 0 Å². The first kappa shape index (κ1) is 12.8. The largest absolute Gasteiger partial charge is 0.337 e. The zero-order valence-electron chi connectivity index (χ0n) is 11.1. The zero-order valence-corrected chi connectivity index (χ0v) is 11.1. The molecule has 0 aliphatic rings. The molecule has 0 saturated heterocycles. The molecule has 0 radical (unpaired) electrons. The average Bonchev–Trinajstić information content (AvgIpc) is 2.99. The van der Waals surface area contributed by atoms with Gasteiger partial charge in [0.25, 0.3) is 0 Å². The van der Waals surface area contributed by atoms with Crippen molar-refractivity contribution in [2.45, 2.75) is 32.4 Å². The zero-order chi connectivity index (χ0) is 12.8. The highest BCUT2D eigenvalue weighted by Gasteiger charge is 2.08. The molecule has 0 bridgehead atoms. The number of unbranched alkanes of at least 4 members (excludes halogenated alkanes) is 1. The van der Waals surface area contributed by atoms with Gasteiger partial charge < -0.3 is 14.5 Å². The molecule has 2 aromatic heterocycles. The Balaban J connectivity index is 1.62. The van der Waals surface area contributed by atoms with Gasteiger partial charge in [0.05, 0.1) is 12.4 Å². The van der Waals surface area contributed by atoms with Gasteiger partial charge in [-0.2, -0.15) is 0 Å². The molecule has 2 aromatic rings. The first-order valence-corrected chi connectivity index (χ1v) is 6.43. The minimum absolute atomic E-state index is 0.304. The van der Waals surface area contributed by atoms with Crippen molar-refractivity contribution in [3.63, 3.8) is 0 Å². The van der Waals surface area contributed by atoms with Gasteiger partial charge in [-0.1, -0.05) is 0 Å². The lowest BCUT2D eigenvalue weighted by Crippen LogP contribution is -2.22. The smallest absolute Gasteiger partial charge is 0.125 e. The number of aryl methyl sites for hydroxylation is 2. The second-order valence-corrected chi connectivity index (χ2v) is 4.58. The Kier molecular flexibility index (Phi) is 4.52. The normalized spacial score (nSPS) is 12.8. The summed E-state index contributed by atoms with van der Waals surface area (Å²) in [5.74, 6) is 1.09. The van der Waals surface area contributed by atoms with E-state index in [2.05, 4.69) is 31.3 Å². The van der Waals surface area contributed by atoms with Gasteiger partial charge in [-0.25, -0.2) is 9.97 Å². The fourth-order valence-corrected chi connectivity index (χ4v) is 2.04. The van der Waals surface area contributed by atoms with Crippen LogP contribution in [0.15, 0.2) is 31.1 Å². The number of hydrogen-bond acceptors (Lipinski definition) is 3. The first-order chi connectivity index (χ1) is 8.77. The predicted octanol–water partition coefficient (Wildman–Crippen LogP) is 1.75. The molecule has 1 atom stereocenters. The summed E-state index contributed by atoms with van der Waals surface area (Å²) >= 11 is 0. The number of rotatable bonds is 7. The highest BCUT2D eigenvalue weighted by Crippen LogP contribution is 2.08. The Hall–Kier alpha value is -1.62. The van der Waals surface area contributed by atoms with Gasteiger partial charge in [0.1, 0.15) is 5.82 Å². The van der Waals surface area contributed by atoms with Gasteiger partial charge in [0.2, 0.25) is 0 Å². The van der Waals surface area contributed by atoms with Gasteiger partial charge in [-0.3, -0.25) is 0 Å². The van der Waals surface area contributed by atoms with Crippen molar-refractivity contribution < 1.29 is 0 Å². The molecule has 1 unspecified atom stereocenters. The fraction of sp³-hybridized carbons (Fsp3) is 0.538. The predicted molar refractivity (Wildman–Crippen MR) is 71.1 cm³/mol. The van der Waals surface area contributed by atoms with Crippen LogP contribution in [-0.4, -0.2) is 25.6 Å². The van der Waals surface area contributed by atoms with E-state index >= 15 is 0 Å². The van der Waals surface area contributed by atoms with Crippen LogP contribution in [-0.2, 0) is 13.6 Å². The summed E-state index contributed by atoms with van der Waals surface area (Å²) in [7, 11) is 2.03. The maximum absolute atomic E-state index is 4.34. The highest BCUT2D eigenvalue weighted by atomic mass is 15.1. The maximum Gasteiger partial charge on any atom is 0.125 e. The molecule has 5 nitrogen and oxygen atoms in total. The lowest BCUT2D eigenvalue weighted by molar-refractivity contribution is 0.499. The van der Waals surface area contributed by atoms with Crippen LogP contribution in [0.4, 0.5) is 0 Å². The summed E-state index contributed by atoms with van der Waals surface area (Å²) in [5.41, 5.74) is 0. The Labute approximate surface area is 108 Å². The third-order valence-electron chi connectivity index (χ3n) is 3.10. The fourth-order valence-electron chi connectivity index (χ4n) is 2.04. The van der Waals surface area contributed by atoms with Gasteiger partial charge in [-0.15, -0.1) is 0 Å². The van der Waals surface area contributed by atoms with Crippen LogP contribution < -0.4 is 5.32 Å². The van der Waals surface area contributed by atoms with E-state index in [1.54, 1.807) is 0 Å². The van der Waals surface area contributed by atoms with E-state index in [4.69, 9.17) is 0 Å². The van der Waals surface area contributed by atoms with Crippen molar-refractivity contribution in [3.8, 4) is 0 Å². The van der Waals surface area contributed by atoms with Crippen LogP contribution in [0.5, 0.6) is 0 Å². The third kappa shape index (κ3) is 3.43. The minimum Gasteiger partial charge on any atom is -0.337 e. The van der Waals surface area contributed by atoms with Gasteiger partial charge in [-0.05, 0) is 26.3 Å². The topological polar surface area (TPSA) is 47.7 Å². The second kappa shape index (κ2) is 6.35. The molecule has 0 aromatic carbocycles. The monoisotopic (exact) mass is 247 g/mol.